The van der Waals surface area contributed by atoms with E-state index in [2.05, 4.69) is 19.8 Å². The van der Waals surface area contributed by atoms with Crippen molar-refractivity contribution in [2.45, 2.75) is 25.9 Å². The normalized spacial score (nSPS) is 12.2. The molecule has 0 saturated carbocycles. The minimum absolute atomic E-state index is 0.0492. The van der Waals surface area contributed by atoms with Crippen LogP contribution >= 0.6 is 0 Å². The zero-order valence-electron chi connectivity index (χ0n) is 18.0. The van der Waals surface area contributed by atoms with E-state index in [9.17, 15) is 26.3 Å². The van der Waals surface area contributed by atoms with Crippen LogP contribution in [0.5, 0.6) is 11.5 Å². The van der Waals surface area contributed by atoms with Crippen molar-refractivity contribution in [2.24, 2.45) is 0 Å². The van der Waals surface area contributed by atoms with Crippen LogP contribution < -0.4 is 15.2 Å². The van der Waals surface area contributed by atoms with Crippen LogP contribution in [-0.4, -0.2) is 32.6 Å². The first-order valence-corrected chi connectivity index (χ1v) is 10.2. The third-order valence-corrected chi connectivity index (χ3v) is 4.81. The fourth-order valence-electron chi connectivity index (χ4n) is 3.27. The number of hydrogen-bond donors (Lipinski definition) is 1. The monoisotopic (exact) mass is 497 g/mol. The van der Waals surface area contributed by atoms with E-state index in [1.807, 2.05) is 0 Å². The second-order valence-electron chi connectivity index (χ2n) is 7.34. The lowest BCUT2D eigenvalue weighted by molar-refractivity contribution is -0.275. The van der Waals surface area contributed by atoms with Gasteiger partial charge in [-0.25, -0.2) is 14.5 Å². The first kappa shape index (κ1) is 24.1. The van der Waals surface area contributed by atoms with Crippen LogP contribution in [0.3, 0.4) is 0 Å². The Hall–Kier alpha value is -4.03. The van der Waals surface area contributed by atoms with Gasteiger partial charge in [-0.05, 0) is 42.8 Å². The third-order valence-electron chi connectivity index (χ3n) is 4.81. The molecule has 13 heteroatoms. The highest BCUT2D eigenvalue weighted by Crippen LogP contribution is 2.37. The summed E-state index contributed by atoms with van der Waals surface area (Å²) in [5.74, 6) is -1.31. The van der Waals surface area contributed by atoms with Crippen LogP contribution in [0, 0.1) is 0 Å². The second kappa shape index (κ2) is 8.96. The van der Waals surface area contributed by atoms with Crippen molar-refractivity contribution in [1.82, 2.24) is 19.6 Å². The smallest absolute Gasteiger partial charge is 0.490 e. The van der Waals surface area contributed by atoms with Gasteiger partial charge in [-0.15, -0.1) is 13.2 Å². The number of nitrogens with two attached hydrogens (primary N) is 1. The lowest BCUT2D eigenvalue weighted by Crippen LogP contribution is -2.18. The molecule has 0 bridgehead atoms. The van der Waals surface area contributed by atoms with Crippen molar-refractivity contribution >= 4 is 11.5 Å². The number of benzene rings is 1. The number of nitrogens with zero attached hydrogens (tertiary/aromatic N) is 4. The molecule has 3 heterocycles. The first-order valence-electron chi connectivity index (χ1n) is 10.2. The third kappa shape index (κ3) is 5.23. The number of halogens is 6. The van der Waals surface area contributed by atoms with Crippen LogP contribution in [0.15, 0.2) is 48.8 Å². The Labute approximate surface area is 194 Å². The fourth-order valence-corrected chi connectivity index (χ4v) is 3.27. The van der Waals surface area contributed by atoms with E-state index < -0.39 is 29.7 Å². The van der Waals surface area contributed by atoms with E-state index in [0.29, 0.717) is 12.1 Å². The lowest BCUT2D eigenvalue weighted by Gasteiger charge is -2.15. The number of pyridine rings is 1. The molecular weight excluding hydrogens is 480 g/mol. The molecule has 0 aliphatic rings. The summed E-state index contributed by atoms with van der Waals surface area (Å²) < 4.78 is 89.3. The standard InChI is InChI=1S/C22H17F6N5O2/c1-2-7-34-17-5-3-12(9-18(17)35-22(26,27)28)15-4-6-19-30-11-16(33(19)32-15)13-8-14(21(23,24)25)20(29)31-10-13/h3-6,8-11H,2,7H2,1H3,(H2,29,31). The molecular formula is C22H17F6N5O2. The van der Waals surface area contributed by atoms with Gasteiger partial charge in [-0.1, -0.05) is 6.92 Å². The zero-order chi connectivity index (χ0) is 25.4. The molecule has 0 fully saturated rings. The Morgan fingerprint density at radius 1 is 0.914 bits per heavy atom. The zero-order valence-corrected chi connectivity index (χ0v) is 18.0. The van der Waals surface area contributed by atoms with Crippen molar-refractivity contribution in [1.29, 1.82) is 0 Å². The average molecular weight is 497 g/mol. The maximum absolute atomic E-state index is 13.3. The highest BCUT2D eigenvalue weighted by Gasteiger charge is 2.34. The summed E-state index contributed by atoms with van der Waals surface area (Å²) in [5, 5.41) is 4.36. The minimum atomic E-state index is -4.95. The quantitative estimate of drug-likeness (QED) is 0.342. The summed E-state index contributed by atoms with van der Waals surface area (Å²) in [6.07, 6.45) is -6.64. The number of fused-ring (bicyclic) bond motifs is 1. The minimum Gasteiger partial charge on any atom is -0.490 e. The highest BCUT2D eigenvalue weighted by molar-refractivity contribution is 5.68. The van der Waals surface area contributed by atoms with Crippen LogP contribution in [0.4, 0.5) is 32.2 Å². The van der Waals surface area contributed by atoms with E-state index in [0.717, 1.165) is 18.3 Å². The summed E-state index contributed by atoms with van der Waals surface area (Å²) in [6, 6.07) is 7.80. The molecule has 0 aliphatic carbocycles. The Morgan fingerprint density at radius 3 is 2.37 bits per heavy atom. The van der Waals surface area contributed by atoms with E-state index in [-0.39, 0.29) is 34.9 Å². The van der Waals surface area contributed by atoms with Gasteiger partial charge >= 0.3 is 12.5 Å². The van der Waals surface area contributed by atoms with E-state index in [1.54, 1.807) is 6.92 Å². The molecule has 0 radical (unpaired) electrons. The number of ether oxygens (including phenoxy) is 2. The Kier molecular flexibility index (Phi) is 6.17. The van der Waals surface area contributed by atoms with Crippen molar-refractivity contribution in [2.75, 3.05) is 12.3 Å². The number of anilines is 1. The molecule has 0 amide bonds. The van der Waals surface area contributed by atoms with Gasteiger partial charge in [0.1, 0.15) is 5.82 Å². The summed E-state index contributed by atoms with van der Waals surface area (Å²) in [5.41, 5.74) is 5.24. The highest BCUT2D eigenvalue weighted by atomic mass is 19.4. The van der Waals surface area contributed by atoms with Gasteiger partial charge in [0.15, 0.2) is 17.1 Å². The number of hydrogen-bond acceptors (Lipinski definition) is 6. The topological polar surface area (TPSA) is 87.6 Å². The molecule has 0 spiro atoms. The molecule has 1 aromatic carbocycles. The molecule has 0 aliphatic heterocycles. The van der Waals surface area contributed by atoms with Gasteiger partial charge < -0.3 is 15.2 Å². The first-order chi connectivity index (χ1) is 16.5. The number of imidazole rings is 1. The van der Waals surface area contributed by atoms with Gasteiger partial charge in [-0.2, -0.15) is 18.3 Å². The molecule has 0 saturated heterocycles. The van der Waals surface area contributed by atoms with E-state index in [1.165, 1.54) is 35.0 Å². The van der Waals surface area contributed by atoms with E-state index in [4.69, 9.17) is 10.5 Å². The SMILES string of the molecule is CCCOc1ccc(-c2ccc3ncc(-c4cnc(N)c(C(F)(F)F)c4)n3n2)cc1OC(F)(F)F. The molecule has 7 nitrogen and oxygen atoms in total. The van der Waals surface area contributed by atoms with Gasteiger partial charge in [0.05, 0.1) is 29.8 Å². The van der Waals surface area contributed by atoms with Crippen molar-refractivity contribution in [3.63, 3.8) is 0 Å². The summed E-state index contributed by atoms with van der Waals surface area (Å²) in [6.45, 7) is 1.99. The number of rotatable bonds is 6. The Morgan fingerprint density at radius 2 is 1.69 bits per heavy atom. The van der Waals surface area contributed by atoms with Crippen LogP contribution in [0.25, 0.3) is 28.2 Å². The lowest BCUT2D eigenvalue weighted by atomic mass is 10.1. The van der Waals surface area contributed by atoms with Gasteiger partial charge in [0.25, 0.3) is 0 Å². The molecule has 35 heavy (non-hydrogen) atoms. The van der Waals surface area contributed by atoms with Gasteiger partial charge in [0, 0.05) is 17.3 Å². The molecule has 4 aromatic rings. The largest absolute Gasteiger partial charge is 0.573 e. The maximum Gasteiger partial charge on any atom is 0.573 e. The Balaban J connectivity index is 1.79. The molecule has 4 rings (SSSR count). The molecule has 3 aromatic heterocycles. The predicted molar refractivity (Wildman–Crippen MR) is 114 cm³/mol. The average Bonchev–Trinajstić information content (AvgIpc) is 3.20. The van der Waals surface area contributed by atoms with Gasteiger partial charge in [0.2, 0.25) is 0 Å². The fraction of sp³-hybridized carbons (Fsp3) is 0.227. The molecule has 184 valence electrons. The van der Waals surface area contributed by atoms with Crippen molar-refractivity contribution in [3.05, 3.63) is 54.4 Å². The van der Waals surface area contributed by atoms with E-state index >= 15 is 0 Å². The van der Waals surface area contributed by atoms with Gasteiger partial charge in [-0.3, -0.25) is 0 Å². The van der Waals surface area contributed by atoms with Crippen LogP contribution in [0.1, 0.15) is 18.9 Å². The second-order valence-corrected chi connectivity index (χ2v) is 7.34. The number of aromatic nitrogens is 4. The molecule has 0 unspecified atom stereocenters. The van der Waals surface area contributed by atoms with Crippen molar-refractivity contribution < 1.29 is 35.8 Å². The predicted octanol–water partition coefficient (Wildman–Crippen LogP) is 5.75. The summed E-state index contributed by atoms with van der Waals surface area (Å²) in [4.78, 5) is 7.75. The molecule has 0 atom stereocenters. The number of nitrogen functional groups attached to an aromatic ring is 1. The van der Waals surface area contributed by atoms with Crippen LogP contribution in [-0.2, 0) is 6.18 Å². The summed E-state index contributed by atoms with van der Waals surface area (Å²) >= 11 is 0. The van der Waals surface area contributed by atoms with Crippen molar-refractivity contribution in [3.8, 4) is 34.0 Å². The Bertz CT molecular complexity index is 1370. The summed E-state index contributed by atoms with van der Waals surface area (Å²) in [7, 11) is 0. The number of alkyl halides is 6. The molecule has 2 N–H and O–H groups in total. The van der Waals surface area contributed by atoms with Crippen LogP contribution in [0.2, 0.25) is 0 Å². The maximum atomic E-state index is 13.3.